The van der Waals surface area contributed by atoms with E-state index in [0.717, 1.165) is 16.2 Å². The molecule has 0 aliphatic rings. The maximum absolute atomic E-state index is 10.8. The lowest BCUT2D eigenvalue weighted by molar-refractivity contribution is -0.114. The quantitative estimate of drug-likeness (QED) is 0.715. The molecular weight excluding hydrogens is 196 g/mol. The number of methoxy groups -OCH3 is 1. The van der Waals surface area contributed by atoms with Gasteiger partial charge in [-0.3, -0.25) is 4.79 Å². The molecule has 1 aromatic rings. The van der Waals surface area contributed by atoms with Gasteiger partial charge in [0, 0.05) is 4.90 Å². The summed E-state index contributed by atoms with van der Waals surface area (Å²) in [5.41, 5.74) is 1.15. The number of hydrogen-bond acceptors (Lipinski definition) is 3. The molecule has 3 heteroatoms. The summed E-state index contributed by atoms with van der Waals surface area (Å²) in [5.74, 6) is 1.59. The molecular formula is C11H14O2S. The third-order valence-electron chi connectivity index (χ3n) is 1.81. The predicted octanol–water partition coefficient (Wildman–Crippen LogP) is 2.68. The van der Waals surface area contributed by atoms with Crippen LogP contribution < -0.4 is 4.74 Å². The van der Waals surface area contributed by atoms with Crippen molar-refractivity contribution in [3.63, 3.8) is 0 Å². The standard InChI is InChI=1S/C11H14O2S/c1-8-6-10(13-3)4-5-11(8)14-7-9(2)12/h4-6H,7H2,1-3H3. The average Bonchev–Trinajstić information content (AvgIpc) is 2.15. The highest BCUT2D eigenvalue weighted by molar-refractivity contribution is 8.00. The zero-order chi connectivity index (χ0) is 10.6. The van der Waals surface area contributed by atoms with Crippen LogP contribution in [0.15, 0.2) is 23.1 Å². The lowest BCUT2D eigenvalue weighted by Gasteiger charge is -2.06. The minimum atomic E-state index is 0.199. The van der Waals surface area contributed by atoms with E-state index < -0.39 is 0 Å². The number of Topliss-reactive ketones (excluding diaryl/α,β-unsaturated/α-hetero) is 1. The Bertz CT molecular complexity index is 334. The summed E-state index contributed by atoms with van der Waals surface area (Å²) in [4.78, 5) is 11.9. The van der Waals surface area contributed by atoms with Gasteiger partial charge in [-0.15, -0.1) is 11.8 Å². The van der Waals surface area contributed by atoms with Crippen molar-refractivity contribution in [2.24, 2.45) is 0 Å². The molecule has 0 saturated heterocycles. The highest BCUT2D eigenvalue weighted by atomic mass is 32.2. The molecule has 0 aromatic heterocycles. The molecule has 0 unspecified atom stereocenters. The van der Waals surface area contributed by atoms with Crippen LogP contribution in [0, 0.1) is 6.92 Å². The second kappa shape index (κ2) is 5.05. The predicted molar refractivity (Wildman–Crippen MR) is 59.1 cm³/mol. The molecule has 0 saturated carbocycles. The molecule has 0 heterocycles. The van der Waals surface area contributed by atoms with E-state index in [0.29, 0.717) is 5.75 Å². The second-order valence-corrected chi connectivity index (χ2v) is 4.14. The summed E-state index contributed by atoms with van der Waals surface area (Å²) in [6.45, 7) is 3.62. The molecule has 76 valence electrons. The van der Waals surface area contributed by atoms with E-state index >= 15 is 0 Å². The van der Waals surface area contributed by atoms with Crippen molar-refractivity contribution in [3.05, 3.63) is 23.8 Å². The Labute approximate surface area is 88.7 Å². The van der Waals surface area contributed by atoms with E-state index in [-0.39, 0.29) is 5.78 Å². The van der Waals surface area contributed by atoms with Crippen LogP contribution in [-0.2, 0) is 4.79 Å². The lowest BCUT2D eigenvalue weighted by Crippen LogP contribution is -1.94. The van der Waals surface area contributed by atoms with Crippen molar-refractivity contribution in [1.29, 1.82) is 0 Å². The molecule has 1 aromatic carbocycles. The number of hydrogen-bond donors (Lipinski definition) is 0. The zero-order valence-corrected chi connectivity index (χ0v) is 9.48. The van der Waals surface area contributed by atoms with Crippen LogP contribution in [-0.4, -0.2) is 18.6 Å². The smallest absolute Gasteiger partial charge is 0.140 e. The number of benzene rings is 1. The molecule has 0 atom stereocenters. The van der Waals surface area contributed by atoms with E-state index in [4.69, 9.17) is 4.74 Å². The van der Waals surface area contributed by atoms with Crippen LogP contribution in [0.3, 0.4) is 0 Å². The molecule has 0 bridgehead atoms. The number of ketones is 1. The highest BCUT2D eigenvalue weighted by Gasteiger charge is 2.02. The van der Waals surface area contributed by atoms with Gasteiger partial charge in [0.2, 0.25) is 0 Å². The Morgan fingerprint density at radius 3 is 2.71 bits per heavy atom. The highest BCUT2D eigenvalue weighted by Crippen LogP contribution is 2.25. The number of aryl methyl sites for hydroxylation is 1. The Morgan fingerprint density at radius 2 is 2.21 bits per heavy atom. The fourth-order valence-corrected chi connectivity index (χ4v) is 1.90. The van der Waals surface area contributed by atoms with Gasteiger partial charge in [-0.05, 0) is 37.6 Å². The van der Waals surface area contributed by atoms with Gasteiger partial charge in [-0.1, -0.05) is 0 Å². The first-order chi connectivity index (χ1) is 6.63. The maximum atomic E-state index is 10.8. The molecule has 0 spiro atoms. The molecule has 14 heavy (non-hydrogen) atoms. The number of rotatable bonds is 4. The van der Waals surface area contributed by atoms with Crippen LogP contribution in [0.4, 0.5) is 0 Å². The zero-order valence-electron chi connectivity index (χ0n) is 8.66. The number of carbonyl (C=O) groups excluding carboxylic acids is 1. The first-order valence-electron chi connectivity index (χ1n) is 4.40. The van der Waals surface area contributed by atoms with Gasteiger partial charge >= 0.3 is 0 Å². The van der Waals surface area contributed by atoms with E-state index in [1.807, 2.05) is 25.1 Å². The number of carbonyl (C=O) groups is 1. The fourth-order valence-electron chi connectivity index (χ4n) is 1.09. The molecule has 0 radical (unpaired) electrons. The van der Waals surface area contributed by atoms with Crippen molar-refractivity contribution in [1.82, 2.24) is 0 Å². The summed E-state index contributed by atoms with van der Waals surface area (Å²) in [6.07, 6.45) is 0. The van der Waals surface area contributed by atoms with Gasteiger partial charge < -0.3 is 4.74 Å². The fraction of sp³-hybridized carbons (Fsp3) is 0.364. The summed E-state index contributed by atoms with van der Waals surface area (Å²) in [6, 6.07) is 5.87. The van der Waals surface area contributed by atoms with Crippen molar-refractivity contribution in [2.75, 3.05) is 12.9 Å². The first-order valence-corrected chi connectivity index (χ1v) is 5.39. The van der Waals surface area contributed by atoms with Crippen LogP contribution in [0.1, 0.15) is 12.5 Å². The molecule has 0 N–H and O–H groups in total. The van der Waals surface area contributed by atoms with Crippen LogP contribution in [0.5, 0.6) is 5.75 Å². The minimum Gasteiger partial charge on any atom is -0.497 e. The summed E-state index contributed by atoms with van der Waals surface area (Å²) in [5, 5.41) is 0. The van der Waals surface area contributed by atoms with E-state index in [1.54, 1.807) is 25.8 Å². The minimum absolute atomic E-state index is 0.199. The third kappa shape index (κ3) is 3.07. The van der Waals surface area contributed by atoms with Gasteiger partial charge in [-0.25, -0.2) is 0 Å². The number of ether oxygens (including phenoxy) is 1. The summed E-state index contributed by atoms with van der Waals surface area (Å²) < 4.78 is 5.10. The lowest BCUT2D eigenvalue weighted by atomic mass is 10.2. The van der Waals surface area contributed by atoms with E-state index in [9.17, 15) is 4.79 Å². The molecule has 0 aliphatic heterocycles. The van der Waals surface area contributed by atoms with Crippen molar-refractivity contribution in [2.45, 2.75) is 18.7 Å². The molecule has 0 aliphatic carbocycles. The Balaban J connectivity index is 2.73. The van der Waals surface area contributed by atoms with Gasteiger partial charge in [0.1, 0.15) is 11.5 Å². The van der Waals surface area contributed by atoms with Crippen molar-refractivity contribution < 1.29 is 9.53 Å². The van der Waals surface area contributed by atoms with E-state index in [2.05, 4.69) is 0 Å². The number of thioether (sulfide) groups is 1. The first kappa shape index (κ1) is 11.1. The normalized spacial score (nSPS) is 9.93. The molecule has 1 rings (SSSR count). The summed E-state index contributed by atoms with van der Waals surface area (Å²) in [7, 11) is 1.65. The van der Waals surface area contributed by atoms with Crippen molar-refractivity contribution in [3.8, 4) is 5.75 Å². The monoisotopic (exact) mass is 210 g/mol. The summed E-state index contributed by atoms with van der Waals surface area (Å²) >= 11 is 1.57. The SMILES string of the molecule is COc1ccc(SCC(C)=O)c(C)c1. The second-order valence-electron chi connectivity index (χ2n) is 3.12. The van der Waals surface area contributed by atoms with Gasteiger partial charge in [-0.2, -0.15) is 0 Å². The van der Waals surface area contributed by atoms with Gasteiger partial charge in [0.15, 0.2) is 0 Å². The molecule has 0 fully saturated rings. The van der Waals surface area contributed by atoms with Crippen LogP contribution in [0.25, 0.3) is 0 Å². The Morgan fingerprint density at radius 1 is 1.50 bits per heavy atom. The Kier molecular flexibility index (Phi) is 4.01. The molecule has 2 nitrogen and oxygen atoms in total. The van der Waals surface area contributed by atoms with Gasteiger partial charge in [0.25, 0.3) is 0 Å². The third-order valence-corrected chi connectivity index (χ3v) is 3.13. The van der Waals surface area contributed by atoms with Crippen molar-refractivity contribution >= 4 is 17.5 Å². The van der Waals surface area contributed by atoms with Gasteiger partial charge in [0.05, 0.1) is 12.9 Å². The average molecular weight is 210 g/mol. The largest absolute Gasteiger partial charge is 0.497 e. The van der Waals surface area contributed by atoms with E-state index in [1.165, 1.54) is 0 Å². The van der Waals surface area contributed by atoms with Crippen LogP contribution >= 0.6 is 11.8 Å². The van der Waals surface area contributed by atoms with Crippen LogP contribution in [0.2, 0.25) is 0 Å². The Hall–Kier alpha value is -0.960. The molecule has 0 amide bonds. The maximum Gasteiger partial charge on any atom is 0.140 e. The topological polar surface area (TPSA) is 26.3 Å².